The molecule has 0 radical (unpaired) electrons. The Labute approximate surface area is 251 Å². The van der Waals surface area contributed by atoms with Crippen LogP contribution in [0.1, 0.15) is 47.2 Å². The highest BCUT2D eigenvalue weighted by Gasteiger charge is 2.47. The van der Waals surface area contributed by atoms with Crippen LogP contribution in [-0.2, 0) is 10.8 Å². The topological polar surface area (TPSA) is 26.0 Å². The molecule has 7 aromatic rings. The van der Waals surface area contributed by atoms with Gasteiger partial charge < -0.3 is 4.42 Å². The lowest BCUT2D eigenvalue weighted by molar-refractivity contribution is 0.619. The van der Waals surface area contributed by atoms with Gasteiger partial charge >= 0.3 is 0 Å². The molecular formula is C41H29NO. The van der Waals surface area contributed by atoms with Crippen LogP contribution in [0.3, 0.4) is 0 Å². The van der Waals surface area contributed by atoms with Crippen LogP contribution >= 0.6 is 0 Å². The normalized spacial score (nSPS) is 17.3. The minimum Gasteiger partial charge on any atom is -0.436 e. The Kier molecular flexibility index (Phi) is 4.91. The quantitative estimate of drug-likeness (QED) is 0.218. The summed E-state index contributed by atoms with van der Waals surface area (Å²) in [5.41, 5.74) is 15.1. The van der Waals surface area contributed by atoms with Gasteiger partial charge in [-0.3, -0.25) is 0 Å². The van der Waals surface area contributed by atoms with Crippen molar-refractivity contribution in [3.05, 3.63) is 173 Å². The maximum absolute atomic E-state index is 6.28. The van der Waals surface area contributed by atoms with Crippen LogP contribution in [0, 0.1) is 0 Å². The molecule has 6 aromatic carbocycles. The Morgan fingerprint density at radius 1 is 0.488 bits per heavy atom. The van der Waals surface area contributed by atoms with E-state index in [9.17, 15) is 0 Å². The molecule has 1 atom stereocenters. The summed E-state index contributed by atoms with van der Waals surface area (Å²) in [5.74, 6) is 0.645. The molecule has 0 saturated heterocycles. The van der Waals surface area contributed by atoms with Crippen LogP contribution in [0.4, 0.5) is 0 Å². The number of oxazole rings is 1. The summed E-state index contributed by atoms with van der Waals surface area (Å²) in [6.07, 6.45) is 0. The molecule has 204 valence electrons. The van der Waals surface area contributed by atoms with Crippen molar-refractivity contribution in [1.29, 1.82) is 0 Å². The van der Waals surface area contributed by atoms with Crippen molar-refractivity contribution in [2.45, 2.75) is 24.7 Å². The average molecular weight is 552 g/mol. The first-order valence-corrected chi connectivity index (χ1v) is 15.0. The van der Waals surface area contributed by atoms with Gasteiger partial charge in [-0.2, -0.15) is 0 Å². The van der Waals surface area contributed by atoms with E-state index in [1.165, 1.54) is 55.6 Å². The van der Waals surface area contributed by atoms with Crippen LogP contribution in [-0.4, -0.2) is 4.98 Å². The lowest BCUT2D eigenvalue weighted by Crippen LogP contribution is -2.29. The van der Waals surface area contributed by atoms with E-state index in [2.05, 4.69) is 129 Å². The van der Waals surface area contributed by atoms with E-state index in [0.717, 1.165) is 16.7 Å². The standard InChI is InChI=1S/C41H29NO/c1-40(2)33-16-8-6-15-30(33)32-25-28(21-23-34(32)40)41(27-12-4-3-5-13-27)35-17-9-7-14-29(35)31-22-20-26(24-36(31)41)39-42-37-18-10-11-19-38(37)43-39/h3-25H,1-2H3. The maximum atomic E-state index is 6.28. The molecule has 1 unspecified atom stereocenters. The zero-order valence-corrected chi connectivity index (χ0v) is 24.1. The Bertz CT molecular complexity index is 2190. The molecule has 0 bridgehead atoms. The zero-order chi connectivity index (χ0) is 28.8. The monoisotopic (exact) mass is 551 g/mol. The highest BCUT2D eigenvalue weighted by Crippen LogP contribution is 2.58. The van der Waals surface area contributed by atoms with Gasteiger partial charge in [-0.1, -0.05) is 123 Å². The van der Waals surface area contributed by atoms with Crippen molar-refractivity contribution in [2.75, 3.05) is 0 Å². The van der Waals surface area contributed by atoms with Crippen LogP contribution in [0.25, 0.3) is 44.8 Å². The van der Waals surface area contributed by atoms with Gasteiger partial charge in [0, 0.05) is 11.0 Å². The lowest BCUT2D eigenvalue weighted by Gasteiger charge is -2.34. The Morgan fingerprint density at radius 3 is 1.95 bits per heavy atom. The number of rotatable bonds is 3. The summed E-state index contributed by atoms with van der Waals surface area (Å²) in [5, 5.41) is 0. The number of aromatic nitrogens is 1. The summed E-state index contributed by atoms with van der Waals surface area (Å²) in [6.45, 7) is 4.69. The second-order valence-corrected chi connectivity index (χ2v) is 12.3. The smallest absolute Gasteiger partial charge is 0.227 e. The first-order chi connectivity index (χ1) is 21.1. The summed E-state index contributed by atoms with van der Waals surface area (Å²) >= 11 is 0. The minimum atomic E-state index is -0.508. The fourth-order valence-electron chi connectivity index (χ4n) is 7.84. The molecule has 2 aliphatic carbocycles. The Hall–Kier alpha value is -5.21. The molecule has 1 heterocycles. The third-order valence-electron chi connectivity index (χ3n) is 9.81. The largest absolute Gasteiger partial charge is 0.436 e. The SMILES string of the molecule is CC1(C)c2ccccc2-c2cc(C3(c4ccccc4)c4ccccc4-c4ccc(-c5nc6ccccc6o5)cc43)ccc21. The summed E-state index contributed by atoms with van der Waals surface area (Å²) < 4.78 is 6.28. The highest BCUT2D eigenvalue weighted by atomic mass is 16.3. The van der Waals surface area contributed by atoms with Crippen molar-refractivity contribution in [3.63, 3.8) is 0 Å². The number of benzene rings is 6. The van der Waals surface area contributed by atoms with E-state index in [0.29, 0.717) is 5.89 Å². The van der Waals surface area contributed by atoms with Crippen molar-refractivity contribution < 1.29 is 4.42 Å². The Balaban J connectivity index is 1.37. The minimum absolute atomic E-state index is 0.0456. The molecule has 0 aliphatic heterocycles. The van der Waals surface area contributed by atoms with Crippen LogP contribution in [0.5, 0.6) is 0 Å². The van der Waals surface area contributed by atoms with Gasteiger partial charge in [-0.15, -0.1) is 0 Å². The fraction of sp³-hybridized carbons (Fsp3) is 0.0976. The first-order valence-electron chi connectivity index (χ1n) is 15.0. The molecule has 2 heteroatoms. The molecule has 2 aliphatic rings. The first kappa shape index (κ1) is 24.4. The summed E-state index contributed by atoms with van der Waals surface area (Å²) in [7, 11) is 0. The average Bonchev–Trinajstić information content (AvgIpc) is 3.69. The number of hydrogen-bond donors (Lipinski definition) is 0. The van der Waals surface area contributed by atoms with Crippen LogP contribution < -0.4 is 0 Å². The predicted molar refractivity (Wildman–Crippen MR) is 174 cm³/mol. The third kappa shape index (κ3) is 3.21. The van der Waals surface area contributed by atoms with Gasteiger partial charge in [-0.05, 0) is 86.0 Å². The maximum Gasteiger partial charge on any atom is 0.227 e. The molecule has 0 saturated carbocycles. The number of fused-ring (bicyclic) bond motifs is 7. The van der Waals surface area contributed by atoms with Gasteiger partial charge in [0.1, 0.15) is 5.52 Å². The van der Waals surface area contributed by atoms with E-state index in [1.54, 1.807) is 0 Å². The second kappa shape index (κ2) is 8.65. The van der Waals surface area contributed by atoms with Crippen LogP contribution in [0.15, 0.2) is 144 Å². The molecule has 0 N–H and O–H groups in total. The molecule has 43 heavy (non-hydrogen) atoms. The van der Waals surface area contributed by atoms with Crippen molar-refractivity contribution in [1.82, 2.24) is 4.98 Å². The van der Waals surface area contributed by atoms with Gasteiger partial charge in [0.15, 0.2) is 5.58 Å². The van der Waals surface area contributed by atoms with Crippen LogP contribution in [0.2, 0.25) is 0 Å². The van der Waals surface area contributed by atoms with Gasteiger partial charge in [0.2, 0.25) is 5.89 Å². The molecule has 0 amide bonds. The number of para-hydroxylation sites is 2. The number of hydrogen-bond acceptors (Lipinski definition) is 2. The molecule has 1 aromatic heterocycles. The molecule has 9 rings (SSSR count). The van der Waals surface area contributed by atoms with Crippen molar-refractivity contribution in [2.24, 2.45) is 0 Å². The molecule has 2 nitrogen and oxygen atoms in total. The van der Waals surface area contributed by atoms with E-state index >= 15 is 0 Å². The van der Waals surface area contributed by atoms with Gasteiger partial charge in [0.25, 0.3) is 0 Å². The molecule has 0 spiro atoms. The van der Waals surface area contributed by atoms with E-state index < -0.39 is 5.41 Å². The summed E-state index contributed by atoms with van der Waals surface area (Å²) in [6, 6.07) is 50.7. The predicted octanol–water partition coefficient (Wildman–Crippen LogP) is 10.2. The van der Waals surface area contributed by atoms with Crippen molar-refractivity contribution in [3.8, 4) is 33.7 Å². The van der Waals surface area contributed by atoms with Crippen molar-refractivity contribution >= 4 is 11.1 Å². The highest BCUT2D eigenvalue weighted by molar-refractivity contribution is 5.90. The Morgan fingerprint density at radius 2 is 1.14 bits per heavy atom. The van der Waals surface area contributed by atoms with Gasteiger partial charge in [-0.25, -0.2) is 4.98 Å². The van der Waals surface area contributed by atoms with E-state index in [1.807, 2.05) is 24.3 Å². The zero-order valence-electron chi connectivity index (χ0n) is 24.1. The van der Waals surface area contributed by atoms with Gasteiger partial charge in [0.05, 0.1) is 5.41 Å². The second-order valence-electron chi connectivity index (χ2n) is 12.3. The van der Waals surface area contributed by atoms with E-state index in [4.69, 9.17) is 9.40 Å². The lowest BCUT2D eigenvalue weighted by atomic mass is 9.67. The summed E-state index contributed by atoms with van der Waals surface area (Å²) in [4.78, 5) is 4.87. The molecular weight excluding hydrogens is 522 g/mol. The molecule has 0 fully saturated rings. The number of nitrogens with zero attached hydrogens (tertiary/aromatic N) is 1. The van der Waals surface area contributed by atoms with E-state index in [-0.39, 0.29) is 5.41 Å². The fourth-order valence-corrected chi connectivity index (χ4v) is 7.84. The third-order valence-corrected chi connectivity index (χ3v) is 9.81.